The second kappa shape index (κ2) is 4.52. The highest BCUT2D eigenvalue weighted by Gasteiger charge is 2.48. The number of fused-ring (bicyclic) bond motifs is 2. The quantitative estimate of drug-likeness (QED) is 0.796. The van der Waals surface area contributed by atoms with Crippen LogP contribution >= 0.6 is 0 Å². The van der Waals surface area contributed by atoms with Crippen LogP contribution in [0, 0.1) is 11.8 Å². The van der Waals surface area contributed by atoms with Crippen LogP contribution in [-0.2, 0) is 0 Å². The van der Waals surface area contributed by atoms with Gasteiger partial charge in [-0.15, -0.1) is 0 Å². The van der Waals surface area contributed by atoms with Crippen LogP contribution in [0.2, 0.25) is 0 Å². The highest BCUT2D eigenvalue weighted by Crippen LogP contribution is 2.42. The fraction of sp³-hybridized carbons (Fsp3) is 1.00. The van der Waals surface area contributed by atoms with Gasteiger partial charge < -0.3 is 5.11 Å². The third-order valence-corrected chi connectivity index (χ3v) is 5.35. The van der Waals surface area contributed by atoms with Gasteiger partial charge in [0.1, 0.15) is 0 Å². The lowest BCUT2D eigenvalue weighted by Crippen LogP contribution is -2.55. The first-order valence-corrected chi connectivity index (χ1v) is 7.29. The van der Waals surface area contributed by atoms with Gasteiger partial charge in [0.2, 0.25) is 0 Å². The Balaban J connectivity index is 1.50. The zero-order valence-electron chi connectivity index (χ0n) is 11.2. The zero-order valence-corrected chi connectivity index (χ0v) is 11.2. The number of nitrogens with zero attached hydrogens (tertiary/aromatic N) is 2. The number of β-amino-alcohol motifs (C(OH)–C–C–N with tert-alkyl or cyclic N) is 1. The molecule has 0 amide bonds. The molecule has 0 spiro atoms. The molecule has 3 fully saturated rings. The van der Waals surface area contributed by atoms with Crippen molar-refractivity contribution >= 4 is 0 Å². The normalized spacial score (nSPS) is 42.4. The van der Waals surface area contributed by atoms with Crippen molar-refractivity contribution in [3.8, 4) is 0 Å². The first-order chi connectivity index (χ1) is 8.19. The van der Waals surface area contributed by atoms with Gasteiger partial charge in [0.25, 0.3) is 0 Å². The SMILES string of the molecule is CC(C)C1CC(N2CC3CC2CN3CCO)C1. The summed E-state index contributed by atoms with van der Waals surface area (Å²) in [7, 11) is 0. The summed E-state index contributed by atoms with van der Waals surface area (Å²) < 4.78 is 0. The Morgan fingerprint density at radius 2 is 1.82 bits per heavy atom. The second-order valence-electron chi connectivity index (χ2n) is 6.59. The van der Waals surface area contributed by atoms with E-state index in [0.717, 1.165) is 36.5 Å². The smallest absolute Gasteiger partial charge is 0.0558 e. The third kappa shape index (κ3) is 2.02. The summed E-state index contributed by atoms with van der Waals surface area (Å²) in [5.41, 5.74) is 0. The van der Waals surface area contributed by atoms with Crippen molar-refractivity contribution in [3.63, 3.8) is 0 Å². The van der Waals surface area contributed by atoms with Crippen LogP contribution in [0.4, 0.5) is 0 Å². The van der Waals surface area contributed by atoms with Crippen molar-refractivity contribution in [1.29, 1.82) is 0 Å². The Labute approximate surface area is 105 Å². The minimum absolute atomic E-state index is 0.322. The maximum Gasteiger partial charge on any atom is 0.0558 e. The molecule has 3 heteroatoms. The largest absolute Gasteiger partial charge is 0.395 e. The van der Waals surface area contributed by atoms with E-state index >= 15 is 0 Å². The van der Waals surface area contributed by atoms with E-state index < -0.39 is 0 Å². The lowest BCUT2D eigenvalue weighted by Gasteiger charge is -2.47. The lowest BCUT2D eigenvalue weighted by molar-refractivity contribution is 0.0122. The Morgan fingerprint density at radius 3 is 2.35 bits per heavy atom. The van der Waals surface area contributed by atoms with Gasteiger partial charge in [-0.05, 0) is 31.1 Å². The number of likely N-dealkylation sites (tertiary alicyclic amines) is 2. The van der Waals surface area contributed by atoms with Gasteiger partial charge >= 0.3 is 0 Å². The van der Waals surface area contributed by atoms with Gasteiger partial charge in [-0.3, -0.25) is 9.80 Å². The fourth-order valence-electron chi connectivity index (χ4n) is 4.07. The molecule has 3 nitrogen and oxygen atoms in total. The van der Waals surface area contributed by atoms with Crippen LogP contribution < -0.4 is 0 Å². The molecule has 2 atom stereocenters. The van der Waals surface area contributed by atoms with Gasteiger partial charge in [-0.2, -0.15) is 0 Å². The first kappa shape index (κ1) is 11.9. The molecule has 0 radical (unpaired) electrons. The molecule has 2 unspecified atom stereocenters. The molecule has 2 bridgehead atoms. The van der Waals surface area contributed by atoms with Crippen LogP contribution in [0.1, 0.15) is 33.1 Å². The summed E-state index contributed by atoms with van der Waals surface area (Å²) in [6.45, 7) is 8.39. The van der Waals surface area contributed by atoms with E-state index in [9.17, 15) is 0 Å². The van der Waals surface area contributed by atoms with Crippen molar-refractivity contribution in [2.45, 2.75) is 51.2 Å². The van der Waals surface area contributed by atoms with Gasteiger partial charge in [0.15, 0.2) is 0 Å². The molecular formula is C14H26N2O. The molecule has 17 heavy (non-hydrogen) atoms. The highest BCUT2D eigenvalue weighted by molar-refractivity contribution is 5.04. The van der Waals surface area contributed by atoms with Crippen LogP contribution in [0.25, 0.3) is 0 Å². The molecule has 2 heterocycles. The number of hydrogen-bond acceptors (Lipinski definition) is 3. The van der Waals surface area contributed by atoms with Crippen molar-refractivity contribution in [2.24, 2.45) is 11.8 Å². The third-order valence-electron chi connectivity index (χ3n) is 5.35. The minimum Gasteiger partial charge on any atom is -0.395 e. The molecule has 1 N–H and O–H groups in total. The Bertz CT molecular complexity index is 275. The van der Waals surface area contributed by atoms with E-state index in [1.807, 2.05) is 0 Å². The summed E-state index contributed by atoms with van der Waals surface area (Å²) in [5.74, 6) is 1.85. The molecule has 0 aromatic carbocycles. The van der Waals surface area contributed by atoms with Crippen LogP contribution in [0.5, 0.6) is 0 Å². The van der Waals surface area contributed by atoms with E-state index in [-0.39, 0.29) is 0 Å². The molecular weight excluding hydrogens is 212 g/mol. The van der Waals surface area contributed by atoms with Crippen molar-refractivity contribution in [3.05, 3.63) is 0 Å². The van der Waals surface area contributed by atoms with Crippen molar-refractivity contribution in [2.75, 3.05) is 26.2 Å². The molecule has 2 saturated heterocycles. The van der Waals surface area contributed by atoms with Crippen LogP contribution in [0.15, 0.2) is 0 Å². The molecule has 3 rings (SSSR count). The highest BCUT2D eigenvalue weighted by atomic mass is 16.3. The molecule has 0 aromatic rings. The maximum atomic E-state index is 9.03. The summed E-state index contributed by atoms with van der Waals surface area (Å²) in [6, 6.07) is 2.42. The maximum absolute atomic E-state index is 9.03. The average molecular weight is 238 g/mol. The van der Waals surface area contributed by atoms with Gasteiger partial charge in [-0.1, -0.05) is 13.8 Å². The molecule has 0 aromatic heterocycles. The number of piperazine rings is 1. The molecule has 98 valence electrons. The van der Waals surface area contributed by atoms with Gasteiger partial charge in [0.05, 0.1) is 6.61 Å². The number of hydrogen-bond donors (Lipinski definition) is 1. The molecule has 1 aliphatic carbocycles. The van der Waals surface area contributed by atoms with E-state index in [0.29, 0.717) is 6.61 Å². The number of rotatable bonds is 4. The lowest BCUT2D eigenvalue weighted by atomic mass is 9.73. The number of aliphatic hydroxyl groups is 1. The van der Waals surface area contributed by atoms with Crippen LogP contribution in [0.3, 0.4) is 0 Å². The van der Waals surface area contributed by atoms with E-state index in [2.05, 4.69) is 23.6 Å². The van der Waals surface area contributed by atoms with Crippen molar-refractivity contribution < 1.29 is 5.11 Å². The van der Waals surface area contributed by atoms with E-state index in [1.54, 1.807) is 0 Å². The minimum atomic E-state index is 0.322. The fourth-order valence-corrected chi connectivity index (χ4v) is 4.07. The van der Waals surface area contributed by atoms with E-state index in [4.69, 9.17) is 5.11 Å². The molecule has 3 aliphatic rings. The first-order valence-electron chi connectivity index (χ1n) is 7.29. The average Bonchev–Trinajstić information content (AvgIpc) is 2.74. The predicted octanol–water partition coefficient (Wildman–Crippen LogP) is 1.17. The zero-order chi connectivity index (χ0) is 12.0. The predicted molar refractivity (Wildman–Crippen MR) is 68.9 cm³/mol. The van der Waals surface area contributed by atoms with Crippen molar-refractivity contribution in [1.82, 2.24) is 9.80 Å². The summed E-state index contributed by atoms with van der Waals surface area (Å²) in [6.07, 6.45) is 4.21. The summed E-state index contributed by atoms with van der Waals surface area (Å²) in [4.78, 5) is 5.26. The van der Waals surface area contributed by atoms with Gasteiger partial charge in [0, 0.05) is 37.8 Å². The topological polar surface area (TPSA) is 26.7 Å². The summed E-state index contributed by atoms with van der Waals surface area (Å²) >= 11 is 0. The second-order valence-corrected chi connectivity index (χ2v) is 6.59. The standard InChI is InChI=1S/C14H26N2O/c1-10(2)11-5-12(6-11)16-9-13-7-14(16)8-15(13)3-4-17/h10-14,17H,3-9H2,1-2H3. The summed E-state index contributed by atoms with van der Waals surface area (Å²) in [5, 5.41) is 9.03. The van der Waals surface area contributed by atoms with E-state index in [1.165, 1.54) is 32.4 Å². The Kier molecular flexibility index (Phi) is 3.18. The molecule has 2 aliphatic heterocycles. The monoisotopic (exact) mass is 238 g/mol. The van der Waals surface area contributed by atoms with Crippen LogP contribution in [-0.4, -0.2) is 59.3 Å². The number of aliphatic hydroxyl groups excluding tert-OH is 1. The Hall–Kier alpha value is -0.120. The molecule has 1 saturated carbocycles. The Morgan fingerprint density at radius 1 is 1.06 bits per heavy atom. The van der Waals surface area contributed by atoms with Gasteiger partial charge in [-0.25, -0.2) is 0 Å².